The number of rotatable bonds is 4. The summed E-state index contributed by atoms with van der Waals surface area (Å²) in [4.78, 5) is 14.8. The number of fused-ring (bicyclic) bond motifs is 1. The van der Waals surface area contributed by atoms with Crippen molar-refractivity contribution >= 4 is 29.2 Å². The van der Waals surface area contributed by atoms with Crippen LogP contribution in [-0.4, -0.2) is 46.3 Å². The molecule has 1 fully saturated rings. The van der Waals surface area contributed by atoms with Gasteiger partial charge in [0, 0.05) is 31.6 Å². The molecule has 2 heterocycles. The smallest absolute Gasteiger partial charge is 0.275 e. The second kappa shape index (κ2) is 7.32. The molecule has 3 rings (SSSR count). The number of carbonyl (C=O) groups excluding carboxylic acids is 1. The number of benzene rings is 1. The molecular weight excluding hydrogens is 312 g/mol. The third-order valence-electron chi connectivity index (χ3n) is 4.52. The lowest BCUT2D eigenvalue weighted by atomic mass is 10.1. The second-order valence-electron chi connectivity index (χ2n) is 6.24. The molecular formula is C17H25ClN4O. The van der Waals surface area contributed by atoms with E-state index in [0.717, 1.165) is 37.0 Å². The number of nitrogens with one attached hydrogen (secondary N) is 1. The van der Waals surface area contributed by atoms with E-state index in [9.17, 15) is 4.79 Å². The van der Waals surface area contributed by atoms with Crippen molar-refractivity contribution in [2.45, 2.75) is 26.3 Å². The first-order valence-electron chi connectivity index (χ1n) is 8.06. The van der Waals surface area contributed by atoms with Gasteiger partial charge in [-0.3, -0.25) is 9.48 Å². The maximum atomic E-state index is 12.9. The van der Waals surface area contributed by atoms with Crippen LogP contribution in [0.2, 0.25) is 0 Å². The van der Waals surface area contributed by atoms with Gasteiger partial charge in [0.15, 0.2) is 5.69 Å². The Hall–Kier alpha value is -1.59. The minimum absolute atomic E-state index is 0. The molecule has 2 atom stereocenters. The second-order valence-corrected chi connectivity index (χ2v) is 6.24. The Kier molecular flexibility index (Phi) is 5.65. The first kappa shape index (κ1) is 17.8. The van der Waals surface area contributed by atoms with E-state index in [4.69, 9.17) is 0 Å². The lowest BCUT2D eigenvalue weighted by Gasteiger charge is -2.16. The Morgan fingerprint density at radius 3 is 2.83 bits per heavy atom. The molecule has 2 aromatic rings. The fourth-order valence-electron chi connectivity index (χ4n) is 3.25. The minimum Gasteiger partial charge on any atom is -0.335 e. The van der Waals surface area contributed by atoms with Crippen molar-refractivity contribution in [1.82, 2.24) is 20.0 Å². The molecule has 1 aromatic heterocycles. The fourth-order valence-corrected chi connectivity index (χ4v) is 3.25. The van der Waals surface area contributed by atoms with Gasteiger partial charge in [0.2, 0.25) is 0 Å². The van der Waals surface area contributed by atoms with Gasteiger partial charge >= 0.3 is 0 Å². The van der Waals surface area contributed by atoms with Crippen molar-refractivity contribution < 1.29 is 4.79 Å². The molecule has 0 aliphatic carbocycles. The summed E-state index contributed by atoms with van der Waals surface area (Å²) in [5.74, 6) is 0.523. The molecule has 1 aromatic carbocycles. The van der Waals surface area contributed by atoms with E-state index in [1.165, 1.54) is 0 Å². The molecule has 0 bridgehead atoms. The highest BCUT2D eigenvalue weighted by atomic mass is 35.5. The van der Waals surface area contributed by atoms with Gasteiger partial charge in [-0.2, -0.15) is 5.10 Å². The number of amides is 1. The van der Waals surface area contributed by atoms with E-state index in [2.05, 4.69) is 24.3 Å². The van der Waals surface area contributed by atoms with Gasteiger partial charge in [0.05, 0.1) is 5.52 Å². The zero-order valence-corrected chi connectivity index (χ0v) is 14.8. The normalized spacial score (nSPS) is 20.7. The molecule has 5 nitrogen and oxygen atoms in total. The van der Waals surface area contributed by atoms with E-state index in [1.54, 1.807) is 4.68 Å². The predicted molar refractivity (Wildman–Crippen MR) is 95.1 cm³/mol. The highest BCUT2D eigenvalue weighted by Gasteiger charge is 2.33. The number of hydrogen-bond donors (Lipinski definition) is 1. The zero-order valence-electron chi connectivity index (χ0n) is 14.0. The molecule has 23 heavy (non-hydrogen) atoms. The summed E-state index contributed by atoms with van der Waals surface area (Å²) in [7, 11) is 1.89. The standard InChI is InChI=1S/C17H24N4O.ClH/c1-4-9-18-14-11-21(10-12(14)2)17(22)16-13-7-5-6-8-15(13)20(3)19-16;/h5-8,12,14,18H,4,9-11H2,1-3H3;1H/t12-,14+;/m0./s1. The van der Waals surface area contributed by atoms with Crippen molar-refractivity contribution in [1.29, 1.82) is 0 Å². The Balaban J connectivity index is 0.00000192. The Labute approximate surface area is 143 Å². The summed E-state index contributed by atoms with van der Waals surface area (Å²) in [6.07, 6.45) is 1.11. The number of halogens is 1. The van der Waals surface area contributed by atoms with Crippen molar-refractivity contribution in [2.75, 3.05) is 19.6 Å². The Morgan fingerprint density at radius 2 is 2.09 bits per heavy atom. The molecule has 0 radical (unpaired) electrons. The average Bonchev–Trinajstić information content (AvgIpc) is 3.06. The Morgan fingerprint density at radius 1 is 1.35 bits per heavy atom. The summed E-state index contributed by atoms with van der Waals surface area (Å²) in [5.41, 5.74) is 1.57. The van der Waals surface area contributed by atoms with Crippen LogP contribution in [-0.2, 0) is 7.05 Å². The van der Waals surface area contributed by atoms with Gasteiger partial charge in [0.25, 0.3) is 5.91 Å². The molecule has 1 N–H and O–H groups in total. The van der Waals surface area contributed by atoms with Crippen molar-refractivity contribution in [3.63, 3.8) is 0 Å². The number of aromatic nitrogens is 2. The van der Waals surface area contributed by atoms with Crippen molar-refractivity contribution in [2.24, 2.45) is 13.0 Å². The van der Waals surface area contributed by atoms with E-state index < -0.39 is 0 Å². The summed E-state index contributed by atoms with van der Waals surface area (Å²) in [5, 5.41) is 8.93. The van der Waals surface area contributed by atoms with Crippen LogP contribution in [0, 0.1) is 5.92 Å². The third-order valence-corrected chi connectivity index (χ3v) is 4.52. The first-order valence-corrected chi connectivity index (χ1v) is 8.06. The van der Waals surface area contributed by atoms with Crippen LogP contribution in [0.1, 0.15) is 30.8 Å². The number of aryl methyl sites for hydroxylation is 1. The number of hydrogen-bond acceptors (Lipinski definition) is 3. The van der Waals surface area contributed by atoms with Gasteiger partial charge in [-0.25, -0.2) is 0 Å². The highest BCUT2D eigenvalue weighted by molar-refractivity contribution is 6.04. The molecule has 1 aliphatic heterocycles. The minimum atomic E-state index is 0. The van der Waals surface area contributed by atoms with Gasteiger partial charge < -0.3 is 10.2 Å². The zero-order chi connectivity index (χ0) is 15.7. The largest absolute Gasteiger partial charge is 0.335 e. The quantitative estimate of drug-likeness (QED) is 0.933. The topological polar surface area (TPSA) is 50.2 Å². The monoisotopic (exact) mass is 336 g/mol. The van der Waals surface area contributed by atoms with E-state index in [-0.39, 0.29) is 18.3 Å². The Bertz CT molecular complexity index is 684. The molecule has 1 aliphatic rings. The highest BCUT2D eigenvalue weighted by Crippen LogP contribution is 2.23. The number of para-hydroxylation sites is 1. The van der Waals surface area contributed by atoms with Crippen LogP contribution in [0.4, 0.5) is 0 Å². The third kappa shape index (κ3) is 3.35. The number of nitrogens with zero attached hydrogens (tertiary/aromatic N) is 3. The van der Waals surface area contributed by atoms with Crippen LogP contribution in [0.3, 0.4) is 0 Å². The maximum Gasteiger partial charge on any atom is 0.275 e. The van der Waals surface area contributed by atoms with E-state index in [1.807, 2.05) is 36.2 Å². The van der Waals surface area contributed by atoms with E-state index in [0.29, 0.717) is 17.7 Å². The maximum absolute atomic E-state index is 12.9. The van der Waals surface area contributed by atoms with Crippen LogP contribution in [0.25, 0.3) is 10.9 Å². The van der Waals surface area contributed by atoms with Crippen molar-refractivity contribution in [3.05, 3.63) is 30.0 Å². The van der Waals surface area contributed by atoms with Crippen LogP contribution in [0.15, 0.2) is 24.3 Å². The molecule has 1 amide bonds. The molecule has 0 spiro atoms. The van der Waals surface area contributed by atoms with Crippen LogP contribution < -0.4 is 5.32 Å². The number of likely N-dealkylation sites (tertiary alicyclic amines) is 1. The SMILES string of the molecule is CCCN[C@@H]1CN(C(=O)c2nn(C)c3ccccc23)C[C@@H]1C.Cl. The van der Waals surface area contributed by atoms with Gasteiger partial charge in [0.1, 0.15) is 0 Å². The van der Waals surface area contributed by atoms with E-state index >= 15 is 0 Å². The van der Waals surface area contributed by atoms with Crippen LogP contribution >= 0.6 is 12.4 Å². The summed E-state index contributed by atoms with van der Waals surface area (Å²) >= 11 is 0. The van der Waals surface area contributed by atoms with Crippen molar-refractivity contribution in [3.8, 4) is 0 Å². The molecule has 1 saturated heterocycles. The summed E-state index contributed by atoms with van der Waals surface area (Å²) in [6.45, 7) is 6.94. The fraction of sp³-hybridized carbons (Fsp3) is 0.529. The van der Waals surface area contributed by atoms with Gasteiger partial charge in [-0.1, -0.05) is 32.0 Å². The molecule has 6 heteroatoms. The number of carbonyl (C=O) groups is 1. The summed E-state index contributed by atoms with van der Waals surface area (Å²) in [6, 6.07) is 8.29. The van der Waals surface area contributed by atoms with Gasteiger partial charge in [-0.15, -0.1) is 12.4 Å². The summed E-state index contributed by atoms with van der Waals surface area (Å²) < 4.78 is 1.79. The molecule has 0 unspecified atom stereocenters. The van der Waals surface area contributed by atoms with Crippen LogP contribution in [0.5, 0.6) is 0 Å². The molecule has 0 saturated carbocycles. The first-order chi connectivity index (χ1) is 10.6. The van der Waals surface area contributed by atoms with Gasteiger partial charge in [-0.05, 0) is 24.9 Å². The lowest BCUT2D eigenvalue weighted by molar-refractivity contribution is 0.0781. The molecule has 126 valence electrons. The average molecular weight is 337 g/mol. The predicted octanol–water partition coefficient (Wildman–Crippen LogP) is 2.46. The lowest BCUT2D eigenvalue weighted by Crippen LogP contribution is -2.37.